The van der Waals surface area contributed by atoms with E-state index in [0.717, 1.165) is 10.5 Å². The third-order valence-corrected chi connectivity index (χ3v) is 3.55. The van der Waals surface area contributed by atoms with Crippen molar-refractivity contribution >= 4 is 34.9 Å². The first-order chi connectivity index (χ1) is 8.69. The van der Waals surface area contributed by atoms with E-state index in [1.807, 2.05) is 30.3 Å². The summed E-state index contributed by atoms with van der Waals surface area (Å²) in [6.07, 6.45) is 6.85. The Morgan fingerprint density at radius 3 is 2.61 bits per heavy atom. The van der Waals surface area contributed by atoms with Crippen LogP contribution in [0, 0.1) is 0 Å². The fraction of sp³-hybridized carbons (Fsp3) is 0.154. The zero-order valence-corrected chi connectivity index (χ0v) is 11.4. The van der Waals surface area contributed by atoms with Crippen molar-refractivity contribution in [2.75, 3.05) is 6.26 Å². The van der Waals surface area contributed by atoms with Gasteiger partial charge in [0.1, 0.15) is 12.5 Å². The van der Waals surface area contributed by atoms with Gasteiger partial charge in [0.05, 0.1) is 11.6 Å². The van der Waals surface area contributed by atoms with Crippen LogP contribution in [0.25, 0.3) is 12.2 Å². The normalized spacial score (nSPS) is 13.1. The Morgan fingerprint density at radius 2 is 2.06 bits per heavy atom. The van der Waals surface area contributed by atoms with Gasteiger partial charge in [0.15, 0.2) is 4.90 Å². The lowest BCUT2D eigenvalue weighted by Crippen LogP contribution is -1.96. The minimum Gasteiger partial charge on any atom is -0.612 e. The lowest BCUT2D eigenvalue weighted by molar-refractivity contribution is 0.546. The number of oxazole rings is 1. The van der Waals surface area contributed by atoms with Crippen LogP contribution in [0.1, 0.15) is 17.1 Å². The maximum Gasteiger partial charge on any atom is 0.218 e. The van der Waals surface area contributed by atoms with Gasteiger partial charge in [0.2, 0.25) is 5.89 Å². The Labute approximate surface area is 114 Å². The number of nitrogens with zero attached hydrogens (tertiary/aromatic N) is 1. The molecule has 1 heterocycles. The predicted molar refractivity (Wildman–Crippen MR) is 73.8 cm³/mol. The van der Waals surface area contributed by atoms with E-state index in [-0.39, 0.29) is 0 Å². The van der Waals surface area contributed by atoms with Crippen molar-refractivity contribution in [2.45, 2.75) is 10.8 Å². The average Bonchev–Trinajstić information content (AvgIpc) is 2.85. The molecule has 2 rings (SSSR count). The number of alkyl halides is 1. The molecule has 1 aromatic carbocycles. The van der Waals surface area contributed by atoms with E-state index in [9.17, 15) is 4.55 Å². The van der Waals surface area contributed by atoms with E-state index in [0.29, 0.717) is 17.5 Å². The Balaban J connectivity index is 2.08. The maximum atomic E-state index is 11.2. The van der Waals surface area contributed by atoms with Crippen LogP contribution >= 0.6 is 11.6 Å². The zero-order chi connectivity index (χ0) is 13.0. The quantitative estimate of drug-likeness (QED) is 0.638. The second-order valence-electron chi connectivity index (χ2n) is 3.67. The number of hydrogen-bond acceptors (Lipinski definition) is 3. The van der Waals surface area contributed by atoms with Crippen LogP contribution in [0.5, 0.6) is 0 Å². The zero-order valence-electron chi connectivity index (χ0n) is 9.80. The molecule has 0 amide bonds. The van der Waals surface area contributed by atoms with Crippen molar-refractivity contribution in [2.24, 2.45) is 0 Å². The van der Waals surface area contributed by atoms with Gasteiger partial charge in [-0.15, -0.1) is 11.6 Å². The number of rotatable bonds is 4. The Kier molecular flexibility index (Phi) is 4.47. The van der Waals surface area contributed by atoms with E-state index in [2.05, 4.69) is 4.98 Å². The molecular weight excluding hydrogens is 270 g/mol. The summed E-state index contributed by atoms with van der Waals surface area (Å²) in [5, 5.41) is 0. The summed E-state index contributed by atoms with van der Waals surface area (Å²) in [6.45, 7) is 0. The van der Waals surface area contributed by atoms with Gasteiger partial charge in [-0.05, 0) is 47.1 Å². The largest absolute Gasteiger partial charge is 0.612 e. The minimum atomic E-state index is -0.945. The molecular formula is C13H12ClNO2S. The standard InChI is InChI=1S/C13H12ClNO2S/c1-18(16)12-5-2-10(3-6-12)4-7-13-15-11(8-14)9-17-13/h2-7,9H,8H2,1H3/b7-4+. The number of aromatic nitrogens is 1. The van der Waals surface area contributed by atoms with E-state index in [4.69, 9.17) is 16.0 Å². The molecule has 1 unspecified atom stereocenters. The number of halogens is 1. The molecule has 0 saturated carbocycles. The monoisotopic (exact) mass is 281 g/mol. The van der Waals surface area contributed by atoms with E-state index >= 15 is 0 Å². The second-order valence-corrected chi connectivity index (χ2v) is 5.31. The lowest BCUT2D eigenvalue weighted by atomic mass is 10.2. The van der Waals surface area contributed by atoms with Crippen molar-refractivity contribution in [3.05, 3.63) is 47.7 Å². The summed E-state index contributed by atoms with van der Waals surface area (Å²) in [4.78, 5) is 4.97. The van der Waals surface area contributed by atoms with Gasteiger partial charge in [0.25, 0.3) is 0 Å². The Morgan fingerprint density at radius 1 is 1.33 bits per heavy atom. The number of benzene rings is 1. The van der Waals surface area contributed by atoms with Gasteiger partial charge < -0.3 is 8.97 Å². The molecule has 0 aliphatic carbocycles. The van der Waals surface area contributed by atoms with Gasteiger partial charge in [-0.1, -0.05) is 0 Å². The predicted octanol–water partition coefficient (Wildman–Crippen LogP) is 3.32. The highest BCUT2D eigenvalue weighted by molar-refractivity contribution is 7.90. The molecule has 0 radical (unpaired) electrons. The molecule has 0 N–H and O–H groups in total. The van der Waals surface area contributed by atoms with Gasteiger partial charge in [-0.25, -0.2) is 4.98 Å². The molecule has 18 heavy (non-hydrogen) atoms. The number of hydrogen-bond donors (Lipinski definition) is 0. The first-order valence-corrected chi connectivity index (χ1v) is 7.40. The molecule has 94 valence electrons. The van der Waals surface area contributed by atoms with Crippen molar-refractivity contribution in [3.63, 3.8) is 0 Å². The van der Waals surface area contributed by atoms with Crippen molar-refractivity contribution < 1.29 is 8.97 Å². The van der Waals surface area contributed by atoms with Crippen molar-refractivity contribution in [3.8, 4) is 0 Å². The third-order valence-electron chi connectivity index (χ3n) is 2.34. The minimum absolute atomic E-state index is 0.342. The first-order valence-electron chi connectivity index (χ1n) is 5.31. The van der Waals surface area contributed by atoms with Crippen LogP contribution < -0.4 is 0 Å². The van der Waals surface area contributed by atoms with Gasteiger partial charge >= 0.3 is 0 Å². The lowest BCUT2D eigenvalue weighted by Gasteiger charge is -2.03. The fourth-order valence-electron chi connectivity index (χ4n) is 1.40. The molecule has 0 saturated heterocycles. The maximum absolute atomic E-state index is 11.2. The fourth-order valence-corrected chi connectivity index (χ4v) is 2.04. The van der Waals surface area contributed by atoms with Crippen LogP contribution in [0.15, 0.2) is 39.8 Å². The topological polar surface area (TPSA) is 49.1 Å². The van der Waals surface area contributed by atoms with E-state index < -0.39 is 11.2 Å². The molecule has 0 aliphatic rings. The second kappa shape index (κ2) is 6.09. The molecule has 0 fully saturated rings. The molecule has 0 bridgehead atoms. The molecule has 2 aromatic rings. The summed E-state index contributed by atoms with van der Waals surface area (Å²) >= 11 is 4.68. The van der Waals surface area contributed by atoms with Crippen LogP contribution in [-0.4, -0.2) is 15.8 Å². The van der Waals surface area contributed by atoms with Crippen LogP contribution in [0.2, 0.25) is 0 Å². The van der Waals surface area contributed by atoms with Crippen molar-refractivity contribution in [1.29, 1.82) is 0 Å². The first kappa shape index (κ1) is 13.2. The Bertz CT molecular complexity index is 534. The van der Waals surface area contributed by atoms with E-state index in [1.165, 1.54) is 6.26 Å². The molecule has 5 heteroatoms. The summed E-state index contributed by atoms with van der Waals surface area (Å²) in [7, 11) is 0. The SMILES string of the molecule is C[S+]([O-])c1ccc(/C=C/c2nc(CCl)co2)cc1. The summed E-state index contributed by atoms with van der Waals surface area (Å²) in [5.41, 5.74) is 1.71. The third kappa shape index (κ3) is 3.38. The summed E-state index contributed by atoms with van der Waals surface area (Å²) < 4.78 is 16.4. The smallest absolute Gasteiger partial charge is 0.218 e. The van der Waals surface area contributed by atoms with Gasteiger partial charge in [-0.3, -0.25) is 0 Å². The highest BCUT2D eigenvalue weighted by Gasteiger charge is 2.02. The molecule has 0 aliphatic heterocycles. The van der Waals surface area contributed by atoms with Crippen LogP contribution in [0.3, 0.4) is 0 Å². The highest BCUT2D eigenvalue weighted by atomic mass is 35.5. The highest BCUT2D eigenvalue weighted by Crippen LogP contribution is 2.13. The van der Waals surface area contributed by atoms with E-state index in [1.54, 1.807) is 12.3 Å². The molecule has 3 nitrogen and oxygen atoms in total. The van der Waals surface area contributed by atoms with Gasteiger partial charge in [-0.2, -0.15) is 0 Å². The van der Waals surface area contributed by atoms with Crippen molar-refractivity contribution in [1.82, 2.24) is 4.98 Å². The van der Waals surface area contributed by atoms with Crippen LogP contribution in [0.4, 0.5) is 0 Å². The molecule has 0 spiro atoms. The summed E-state index contributed by atoms with van der Waals surface area (Å²) in [5.74, 6) is 0.864. The van der Waals surface area contributed by atoms with Gasteiger partial charge in [0, 0.05) is 6.08 Å². The average molecular weight is 282 g/mol. The molecule has 1 atom stereocenters. The van der Waals surface area contributed by atoms with Crippen LogP contribution in [-0.2, 0) is 17.1 Å². The molecule has 1 aromatic heterocycles. The summed E-state index contributed by atoms with van der Waals surface area (Å²) in [6, 6.07) is 7.49. The Hall–Kier alpha value is -1.23.